The molecule has 1 unspecified atom stereocenters. The molecule has 1 aliphatic rings. The number of benzene rings is 1. The van der Waals surface area contributed by atoms with E-state index in [0.29, 0.717) is 19.0 Å². The fraction of sp³-hybridized carbons (Fsp3) is 0.444. The van der Waals surface area contributed by atoms with Crippen LogP contribution in [0.25, 0.3) is 0 Å². The van der Waals surface area contributed by atoms with Crippen LogP contribution in [0.2, 0.25) is 0 Å². The highest BCUT2D eigenvalue weighted by atomic mass is 16.5. The number of methoxy groups -OCH3 is 1. The van der Waals surface area contributed by atoms with Gasteiger partial charge in [-0.2, -0.15) is 0 Å². The maximum Gasteiger partial charge on any atom is 0.246 e. The molecule has 2 amide bonds. The second-order valence-electron chi connectivity index (χ2n) is 5.66. The molecule has 1 fully saturated rings. The predicted molar refractivity (Wildman–Crippen MR) is 89.4 cm³/mol. The Morgan fingerprint density at radius 2 is 2.09 bits per heavy atom. The van der Waals surface area contributed by atoms with Gasteiger partial charge in [-0.1, -0.05) is 18.7 Å². The van der Waals surface area contributed by atoms with Gasteiger partial charge >= 0.3 is 0 Å². The van der Waals surface area contributed by atoms with Crippen LogP contribution in [-0.2, 0) is 9.59 Å². The Bertz CT molecular complexity index is 568. The zero-order valence-electron chi connectivity index (χ0n) is 13.8. The minimum atomic E-state index is -0.202. The van der Waals surface area contributed by atoms with Crippen LogP contribution in [0.1, 0.15) is 24.8 Å². The normalized spacial score (nSPS) is 17.0. The highest BCUT2D eigenvalue weighted by Crippen LogP contribution is 2.28. The maximum atomic E-state index is 12.4. The summed E-state index contributed by atoms with van der Waals surface area (Å²) in [4.78, 5) is 27.4. The molecule has 2 rings (SSSR count). The van der Waals surface area contributed by atoms with Crippen molar-refractivity contribution in [1.29, 1.82) is 0 Å². The molecule has 0 N–H and O–H groups in total. The Kier molecular flexibility index (Phi) is 5.79. The van der Waals surface area contributed by atoms with Crippen molar-refractivity contribution in [3.05, 3.63) is 42.5 Å². The van der Waals surface area contributed by atoms with Gasteiger partial charge in [0.15, 0.2) is 0 Å². The Labute approximate surface area is 137 Å². The van der Waals surface area contributed by atoms with E-state index in [9.17, 15) is 9.59 Å². The number of ether oxygens (including phenoxy) is 1. The molecule has 23 heavy (non-hydrogen) atoms. The van der Waals surface area contributed by atoms with Gasteiger partial charge in [0.25, 0.3) is 0 Å². The quantitative estimate of drug-likeness (QED) is 0.755. The van der Waals surface area contributed by atoms with E-state index < -0.39 is 0 Å². The number of likely N-dealkylation sites (N-methyl/N-ethyl adjacent to an activating group) is 1. The van der Waals surface area contributed by atoms with E-state index in [0.717, 1.165) is 18.7 Å². The number of likely N-dealkylation sites (tertiary alicyclic amines) is 1. The van der Waals surface area contributed by atoms with Crippen molar-refractivity contribution in [2.45, 2.75) is 19.3 Å². The molecule has 0 aromatic heterocycles. The van der Waals surface area contributed by atoms with Gasteiger partial charge in [-0.3, -0.25) is 9.59 Å². The van der Waals surface area contributed by atoms with E-state index in [-0.39, 0.29) is 18.4 Å². The van der Waals surface area contributed by atoms with Crippen molar-refractivity contribution in [3.63, 3.8) is 0 Å². The molecule has 0 aliphatic carbocycles. The zero-order valence-corrected chi connectivity index (χ0v) is 13.8. The molecule has 1 aromatic rings. The number of carbonyl (C=O) groups is 2. The van der Waals surface area contributed by atoms with E-state index in [1.54, 1.807) is 7.11 Å². The summed E-state index contributed by atoms with van der Waals surface area (Å²) in [5.74, 6) is 0.973. The molecule has 0 saturated carbocycles. The maximum absolute atomic E-state index is 12.4. The molecule has 1 aromatic carbocycles. The first-order chi connectivity index (χ1) is 11.1. The van der Waals surface area contributed by atoms with Gasteiger partial charge in [0.05, 0.1) is 13.7 Å². The average molecular weight is 316 g/mol. The number of amides is 2. The fourth-order valence-electron chi connectivity index (χ4n) is 2.87. The lowest BCUT2D eigenvalue weighted by Gasteiger charge is -2.23. The van der Waals surface area contributed by atoms with Gasteiger partial charge in [-0.15, -0.1) is 0 Å². The van der Waals surface area contributed by atoms with Crippen molar-refractivity contribution < 1.29 is 14.3 Å². The second-order valence-corrected chi connectivity index (χ2v) is 5.66. The lowest BCUT2D eigenvalue weighted by atomic mass is 9.98. The number of rotatable bonds is 6. The molecule has 124 valence electrons. The van der Waals surface area contributed by atoms with Crippen molar-refractivity contribution in [2.75, 3.05) is 33.3 Å². The summed E-state index contributed by atoms with van der Waals surface area (Å²) in [6.45, 7) is 7.39. The SMILES string of the molecule is C=CC(=O)N(CC)CC(=O)N1CCC(c2ccc(OC)cc2)C1. The molecule has 5 nitrogen and oxygen atoms in total. The molecule has 1 aliphatic heterocycles. The topological polar surface area (TPSA) is 49.9 Å². The first kappa shape index (κ1) is 17.1. The summed E-state index contributed by atoms with van der Waals surface area (Å²) in [7, 11) is 1.65. The number of hydrogen-bond acceptors (Lipinski definition) is 3. The number of carbonyl (C=O) groups excluding carboxylic acids is 2. The standard InChI is InChI=1S/C18H24N2O3/c1-4-17(21)19(5-2)13-18(22)20-11-10-15(12-20)14-6-8-16(23-3)9-7-14/h4,6-9,15H,1,5,10-13H2,2-3H3. The summed E-state index contributed by atoms with van der Waals surface area (Å²) >= 11 is 0. The van der Waals surface area contributed by atoms with Crippen molar-refractivity contribution in [2.24, 2.45) is 0 Å². The second kappa shape index (κ2) is 7.81. The Balaban J connectivity index is 1.94. The summed E-state index contributed by atoms with van der Waals surface area (Å²) in [5.41, 5.74) is 1.22. The third-order valence-electron chi connectivity index (χ3n) is 4.32. The lowest BCUT2D eigenvalue weighted by molar-refractivity contribution is -0.137. The Morgan fingerprint density at radius 1 is 1.39 bits per heavy atom. The van der Waals surface area contributed by atoms with Gasteiger partial charge in [0, 0.05) is 25.6 Å². The molecule has 0 radical (unpaired) electrons. The van der Waals surface area contributed by atoms with E-state index in [1.807, 2.05) is 24.0 Å². The molecule has 1 atom stereocenters. The minimum absolute atomic E-state index is 0.00179. The van der Waals surface area contributed by atoms with Gasteiger partial charge < -0.3 is 14.5 Å². The molecular formula is C18H24N2O3. The smallest absolute Gasteiger partial charge is 0.246 e. The van der Waals surface area contributed by atoms with Crippen molar-refractivity contribution in [3.8, 4) is 5.75 Å². The van der Waals surface area contributed by atoms with Crippen molar-refractivity contribution >= 4 is 11.8 Å². The van der Waals surface area contributed by atoms with Crippen LogP contribution in [0.4, 0.5) is 0 Å². The fourth-order valence-corrected chi connectivity index (χ4v) is 2.87. The average Bonchev–Trinajstić information content (AvgIpc) is 3.09. The number of nitrogens with zero attached hydrogens (tertiary/aromatic N) is 2. The van der Waals surface area contributed by atoms with Crippen LogP contribution in [0.3, 0.4) is 0 Å². The Morgan fingerprint density at radius 3 is 2.65 bits per heavy atom. The monoisotopic (exact) mass is 316 g/mol. The van der Waals surface area contributed by atoms with Crippen LogP contribution in [-0.4, -0.2) is 54.9 Å². The first-order valence-electron chi connectivity index (χ1n) is 7.92. The van der Waals surface area contributed by atoms with Crippen LogP contribution >= 0.6 is 0 Å². The predicted octanol–water partition coefficient (Wildman–Crippen LogP) is 2.05. The molecule has 0 bridgehead atoms. The van der Waals surface area contributed by atoms with Gasteiger partial charge in [-0.05, 0) is 37.1 Å². The molecular weight excluding hydrogens is 292 g/mol. The largest absolute Gasteiger partial charge is 0.497 e. The van der Waals surface area contributed by atoms with Crippen LogP contribution in [0, 0.1) is 0 Å². The van der Waals surface area contributed by atoms with Crippen LogP contribution in [0.5, 0.6) is 5.75 Å². The summed E-state index contributed by atoms with van der Waals surface area (Å²) in [5, 5.41) is 0. The summed E-state index contributed by atoms with van der Waals surface area (Å²) in [6.07, 6.45) is 2.19. The molecule has 0 spiro atoms. The van der Waals surface area contributed by atoms with E-state index in [1.165, 1.54) is 16.5 Å². The van der Waals surface area contributed by atoms with E-state index in [2.05, 4.69) is 18.7 Å². The highest BCUT2D eigenvalue weighted by molar-refractivity contribution is 5.91. The van der Waals surface area contributed by atoms with E-state index in [4.69, 9.17) is 4.74 Å². The van der Waals surface area contributed by atoms with Gasteiger partial charge in [0.1, 0.15) is 5.75 Å². The minimum Gasteiger partial charge on any atom is -0.497 e. The zero-order chi connectivity index (χ0) is 16.8. The molecule has 1 saturated heterocycles. The van der Waals surface area contributed by atoms with Crippen LogP contribution in [0.15, 0.2) is 36.9 Å². The summed E-state index contributed by atoms with van der Waals surface area (Å²) in [6, 6.07) is 8.00. The van der Waals surface area contributed by atoms with Gasteiger partial charge in [0.2, 0.25) is 11.8 Å². The summed E-state index contributed by atoms with van der Waals surface area (Å²) < 4.78 is 5.17. The molecule has 5 heteroatoms. The third kappa shape index (κ3) is 4.12. The van der Waals surface area contributed by atoms with E-state index >= 15 is 0 Å². The third-order valence-corrected chi connectivity index (χ3v) is 4.32. The Hall–Kier alpha value is -2.30. The first-order valence-corrected chi connectivity index (χ1v) is 7.92. The highest BCUT2D eigenvalue weighted by Gasteiger charge is 2.28. The molecule has 1 heterocycles. The number of hydrogen-bond donors (Lipinski definition) is 0. The lowest BCUT2D eigenvalue weighted by Crippen LogP contribution is -2.41. The van der Waals surface area contributed by atoms with Crippen LogP contribution < -0.4 is 4.74 Å². The van der Waals surface area contributed by atoms with Gasteiger partial charge in [-0.25, -0.2) is 0 Å². The van der Waals surface area contributed by atoms with Crippen molar-refractivity contribution in [1.82, 2.24) is 9.80 Å².